The van der Waals surface area contributed by atoms with Crippen LogP contribution in [0, 0.1) is 0 Å². The number of rotatable bonds is 6. The molecule has 1 aliphatic rings. The highest BCUT2D eigenvalue weighted by Gasteiger charge is 2.20. The van der Waals surface area contributed by atoms with Gasteiger partial charge < -0.3 is 15.2 Å². The van der Waals surface area contributed by atoms with E-state index in [2.05, 4.69) is 35.1 Å². The van der Waals surface area contributed by atoms with E-state index in [4.69, 9.17) is 0 Å². The van der Waals surface area contributed by atoms with Crippen LogP contribution in [0.1, 0.15) is 38.8 Å². The van der Waals surface area contributed by atoms with Crippen molar-refractivity contribution >= 4 is 5.91 Å². The van der Waals surface area contributed by atoms with Crippen LogP contribution in [-0.4, -0.2) is 41.5 Å². The molecule has 2 N–H and O–H groups in total. The number of carbonyl (C=O) groups is 1. The Balaban J connectivity index is 1.64. The Bertz CT molecular complexity index is 452. The first kappa shape index (κ1) is 15.8. The molecule has 1 fully saturated rings. The van der Waals surface area contributed by atoms with Crippen LogP contribution >= 0.6 is 0 Å². The number of carbonyl (C=O) groups excluding carboxylic acids is 1. The van der Waals surface area contributed by atoms with Crippen LogP contribution in [0.3, 0.4) is 0 Å². The maximum atomic E-state index is 12.0. The zero-order chi connectivity index (χ0) is 15.1. The maximum absolute atomic E-state index is 12.0. The van der Waals surface area contributed by atoms with Gasteiger partial charge in [0.15, 0.2) is 0 Å². The molecule has 4 heteroatoms. The number of aromatic nitrogens is 1. The Morgan fingerprint density at radius 2 is 2.19 bits per heavy atom. The highest BCUT2D eigenvalue weighted by atomic mass is 16.1. The Labute approximate surface area is 127 Å². The standard InChI is InChI=1S/C17H27N3O/c1-14(2)5-4-10-20-11-7-15(8-12-20)19-17(21)13-16-6-3-9-18-16/h3,5-6,9,15,18H,4,7-8,10-13H2,1-2H3,(H,19,21). The summed E-state index contributed by atoms with van der Waals surface area (Å²) >= 11 is 0. The molecule has 1 aromatic heterocycles. The van der Waals surface area contributed by atoms with Gasteiger partial charge in [0, 0.05) is 37.6 Å². The summed E-state index contributed by atoms with van der Waals surface area (Å²) in [6, 6.07) is 4.21. The number of allylic oxidation sites excluding steroid dienone is 1. The van der Waals surface area contributed by atoms with Crippen LogP contribution in [0.15, 0.2) is 30.0 Å². The fraction of sp³-hybridized carbons (Fsp3) is 0.588. The second-order valence-corrected chi connectivity index (χ2v) is 6.13. The first-order chi connectivity index (χ1) is 10.1. The first-order valence-corrected chi connectivity index (χ1v) is 7.91. The van der Waals surface area contributed by atoms with Gasteiger partial charge in [0.1, 0.15) is 0 Å². The van der Waals surface area contributed by atoms with Gasteiger partial charge in [-0.25, -0.2) is 0 Å². The van der Waals surface area contributed by atoms with Crippen LogP contribution in [0.25, 0.3) is 0 Å². The van der Waals surface area contributed by atoms with E-state index >= 15 is 0 Å². The number of amides is 1. The number of nitrogens with one attached hydrogen (secondary N) is 2. The summed E-state index contributed by atoms with van der Waals surface area (Å²) in [5.41, 5.74) is 2.37. The Morgan fingerprint density at radius 1 is 1.43 bits per heavy atom. The maximum Gasteiger partial charge on any atom is 0.226 e. The number of likely N-dealkylation sites (tertiary alicyclic amines) is 1. The number of H-pyrrole nitrogens is 1. The molecule has 21 heavy (non-hydrogen) atoms. The minimum Gasteiger partial charge on any atom is -0.365 e. The van der Waals surface area contributed by atoms with Gasteiger partial charge in [-0.2, -0.15) is 0 Å². The van der Waals surface area contributed by atoms with E-state index in [1.807, 2.05) is 18.3 Å². The Hall–Kier alpha value is -1.55. The average molecular weight is 289 g/mol. The summed E-state index contributed by atoms with van der Waals surface area (Å²) in [6.07, 6.45) is 7.86. The molecule has 1 aromatic rings. The lowest BCUT2D eigenvalue weighted by molar-refractivity contribution is -0.121. The number of aromatic amines is 1. The van der Waals surface area contributed by atoms with Gasteiger partial charge in [-0.1, -0.05) is 11.6 Å². The van der Waals surface area contributed by atoms with Gasteiger partial charge in [-0.15, -0.1) is 0 Å². The monoisotopic (exact) mass is 289 g/mol. The Kier molecular flexibility index (Phi) is 6.05. The smallest absolute Gasteiger partial charge is 0.226 e. The largest absolute Gasteiger partial charge is 0.365 e. The predicted molar refractivity (Wildman–Crippen MR) is 86.1 cm³/mol. The second kappa shape index (κ2) is 8.03. The molecule has 0 spiro atoms. The summed E-state index contributed by atoms with van der Waals surface area (Å²) in [6.45, 7) is 7.60. The molecule has 0 aromatic carbocycles. The van der Waals surface area contributed by atoms with Crippen LogP contribution < -0.4 is 5.32 Å². The van der Waals surface area contributed by atoms with Gasteiger partial charge >= 0.3 is 0 Å². The number of piperidine rings is 1. The molecule has 2 heterocycles. The zero-order valence-electron chi connectivity index (χ0n) is 13.2. The van der Waals surface area contributed by atoms with Gasteiger partial charge in [0.05, 0.1) is 6.42 Å². The van der Waals surface area contributed by atoms with E-state index < -0.39 is 0 Å². The molecule has 0 saturated carbocycles. The number of nitrogens with zero attached hydrogens (tertiary/aromatic N) is 1. The summed E-state index contributed by atoms with van der Waals surface area (Å²) in [5.74, 6) is 0.125. The third-order valence-electron chi connectivity index (χ3n) is 3.96. The zero-order valence-corrected chi connectivity index (χ0v) is 13.2. The summed E-state index contributed by atoms with van der Waals surface area (Å²) in [4.78, 5) is 17.5. The van der Waals surface area contributed by atoms with Crippen molar-refractivity contribution < 1.29 is 4.79 Å². The third-order valence-corrected chi connectivity index (χ3v) is 3.96. The Morgan fingerprint density at radius 3 is 2.81 bits per heavy atom. The molecule has 0 atom stereocenters. The lowest BCUT2D eigenvalue weighted by atomic mass is 10.0. The van der Waals surface area contributed by atoms with Crippen molar-refractivity contribution in [1.29, 1.82) is 0 Å². The van der Waals surface area contributed by atoms with Crippen LogP contribution in [-0.2, 0) is 11.2 Å². The SMILES string of the molecule is CC(C)=CCCN1CCC(NC(=O)Cc2ccc[nH]2)CC1. The molecular weight excluding hydrogens is 262 g/mol. The van der Waals surface area contributed by atoms with Crippen molar-refractivity contribution in [2.24, 2.45) is 0 Å². The van der Waals surface area contributed by atoms with E-state index in [1.165, 1.54) is 5.57 Å². The van der Waals surface area contributed by atoms with E-state index in [0.29, 0.717) is 12.5 Å². The predicted octanol–water partition coefficient (Wildman–Crippen LogP) is 2.49. The van der Waals surface area contributed by atoms with Crippen molar-refractivity contribution in [2.75, 3.05) is 19.6 Å². The van der Waals surface area contributed by atoms with Gasteiger partial charge in [-0.05, 0) is 45.2 Å². The van der Waals surface area contributed by atoms with Crippen molar-refractivity contribution in [3.63, 3.8) is 0 Å². The highest BCUT2D eigenvalue weighted by Crippen LogP contribution is 2.11. The third kappa shape index (κ3) is 5.76. The number of hydrogen-bond acceptors (Lipinski definition) is 2. The van der Waals surface area contributed by atoms with E-state index in [1.54, 1.807) is 0 Å². The number of hydrogen-bond donors (Lipinski definition) is 2. The van der Waals surface area contributed by atoms with Crippen LogP contribution in [0.4, 0.5) is 0 Å². The van der Waals surface area contributed by atoms with E-state index in [9.17, 15) is 4.79 Å². The lowest BCUT2D eigenvalue weighted by Crippen LogP contribution is -2.45. The summed E-state index contributed by atoms with van der Waals surface area (Å²) < 4.78 is 0. The van der Waals surface area contributed by atoms with Crippen LogP contribution in [0.5, 0.6) is 0 Å². The van der Waals surface area contributed by atoms with E-state index in [0.717, 1.165) is 44.6 Å². The fourth-order valence-electron chi connectivity index (χ4n) is 2.77. The molecule has 4 nitrogen and oxygen atoms in total. The van der Waals surface area contributed by atoms with Gasteiger partial charge in [-0.3, -0.25) is 4.79 Å². The van der Waals surface area contributed by atoms with Gasteiger partial charge in [0.25, 0.3) is 0 Å². The molecule has 1 aliphatic heterocycles. The molecule has 0 aliphatic carbocycles. The molecule has 0 bridgehead atoms. The molecule has 0 unspecified atom stereocenters. The van der Waals surface area contributed by atoms with Gasteiger partial charge in [0.2, 0.25) is 5.91 Å². The first-order valence-electron chi connectivity index (χ1n) is 7.91. The molecule has 0 radical (unpaired) electrons. The molecule has 2 rings (SSSR count). The quantitative estimate of drug-likeness (QED) is 0.791. The normalized spacial score (nSPS) is 16.7. The highest BCUT2D eigenvalue weighted by molar-refractivity contribution is 5.78. The van der Waals surface area contributed by atoms with E-state index in [-0.39, 0.29) is 5.91 Å². The molecule has 1 amide bonds. The van der Waals surface area contributed by atoms with Crippen LogP contribution in [0.2, 0.25) is 0 Å². The topological polar surface area (TPSA) is 48.1 Å². The van der Waals surface area contributed by atoms with Crippen molar-refractivity contribution in [3.8, 4) is 0 Å². The lowest BCUT2D eigenvalue weighted by Gasteiger charge is -2.32. The fourth-order valence-corrected chi connectivity index (χ4v) is 2.77. The summed E-state index contributed by atoms with van der Waals surface area (Å²) in [7, 11) is 0. The second-order valence-electron chi connectivity index (χ2n) is 6.13. The molecular formula is C17H27N3O. The minimum absolute atomic E-state index is 0.125. The summed E-state index contributed by atoms with van der Waals surface area (Å²) in [5, 5.41) is 3.15. The van der Waals surface area contributed by atoms with Crippen molar-refractivity contribution in [1.82, 2.24) is 15.2 Å². The van der Waals surface area contributed by atoms with Crippen molar-refractivity contribution in [3.05, 3.63) is 35.7 Å². The molecule has 116 valence electrons. The average Bonchev–Trinajstić information content (AvgIpc) is 2.93. The molecule has 1 saturated heterocycles. The van der Waals surface area contributed by atoms with Crippen molar-refractivity contribution in [2.45, 2.75) is 45.6 Å². The minimum atomic E-state index is 0.125.